The Kier molecular flexibility index (Phi) is 7.80. The highest BCUT2D eigenvalue weighted by Crippen LogP contribution is 2.09. The summed E-state index contributed by atoms with van der Waals surface area (Å²) in [6, 6.07) is 6.68. The molecule has 0 saturated heterocycles. The second kappa shape index (κ2) is 9.42. The van der Waals surface area contributed by atoms with E-state index in [0.29, 0.717) is 17.8 Å². The first-order valence-electron chi connectivity index (χ1n) is 6.78. The number of hydrogen-bond acceptors (Lipinski definition) is 3. The quantitative estimate of drug-likeness (QED) is 0.569. The summed E-state index contributed by atoms with van der Waals surface area (Å²) < 4.78 is 0. The van der Waals surface area contributed by atoms with Crippen LogP contribution in [0.3, 0.4) is 0 Å². The van der Waals surface area contributed by atoms with Gasteiger partial charge in [-0.15, -0.1) is 0 Å². The summed E-state index contributed by atoms with van der Waals surface area (Å²) in [6.07, 6.45) is 5.42. The number of amides is 2. The Labute approximate surface area is 124 Å². The van der Waals surface area contributed by atoms with Gasteiger partial charge in [0.25, 0.3) is 0 Å². The summed E-state index contributed by atoms with van der Waals surface area (Å²) in [7, 11) is 0. The van der Waals surface area contributed by atoms with Crippen molar-refractivity contribution in [2.24, 2.45) is 0 Å². The zero-order valence-electron chi connectivity index (χ0n) is 12.1. The fourth-order valence-electron chi connectivity index (χ4n) is 1.71. The first-order chi connectivity index (χ1) is 9.63. The van der Waals surface area contributed by atoms with Crippen LogP contribution in [-0.2, 0) is 0 Å². The highest BCUT2D eigenvalue weighted by molar-refractivity contribution is 7.98. The molecule has 110 valence electrons. The number of ketones is 1. The van der Waals surface area contributed by atoms with E-state index >= 15 is 0 Å². The molecule has 0 heterocycles. The van der Waals surface area contributed by atoms with Gasteiger partial charge >= 0.3 is 6.03 Å². The summed E-state index contributed by atoms with van der Waals surface area (Å²) in [5, 5.41) is 5.57. The Morgan fingerprint density at radius 2 is 1.80 bits per heavy atom. The largest absolute Gasteiger partial charge is 0.338 e. The van der Waals surface area contributed by atoms with Gasteiger partial charge in [0.1, 0.15) is 0 Å². The van der Waals surface area contributed by atoms with Crippen LogP contribution >= 0.6 is 11.8 Å². The highest BCUT2D eigenvalue weighted by atomic mass is 32.2. The average molecular weight is 294 g/mol. The Morgan fingerprint density at radius 3 is 2.40 bits per heavy atom. The number of benzene rings is 1. The van der Waals surface area contributed by atoms with E-state index in [-0.39, 0.29) is 11.8 Å². The molecule has 2 amide bonds. The molecule has 0 fully saturated rings. The maximum absolute atomic E-state index is 11.6. The maximum atomic E-state index is 11.6. The Balaban J connectivity index is 2.23. The lowest BCUT2D eigenvalue weighted by Gasteiger charge is -2.07. The number of urea groups is 1. The second-order valence-electron chi connectivity index (χ2n) is 4.57. The van der Waals surface area contributed by atoms with Crippen molar-refractivity contribution in [2.45, 2.75) is 26.2 Å². The highest BCUT2D eigenvalue weighted by Gasteiger charge is 2.02. The molecule has 1 aromatic carbocycles. The third-order valence-corrected chi connectivity index (χ3v) is 3.56. The van der Waals surface area contributed by atoms with E-state index < -0.39 is 0 Å². The van der Waals surface area contributed by atoms with Crippen molar-refractivity contribution < 1.29 is 9.59 Å². The molecule has 0 unspecified atom stereocenters. The van der Waals surface area contributed by atoms with Crippen LogP contribution in [0.15, 0.2) is 24.3 Å². The van der Waals surface area contributed by atoms with Gasteiger partial charge in [-0.25, -0.2) is 4.79 Å². The predicted octanol–water partition coefficient (Wildman–Crippen LogP) is 3.54. The molecule has 0 bridgehead atoms. The number of carbonyl (C=O) groups excluding carboxylic acids is 2. The fraction of sp³-hybridized carbons (Fsp3) is 0.467. The van der Waals surface area contributed by atoms with Crippen LogP contribution in [0.5, 0.6) is 0 Å². The minimum Gasteiger partial charge on any atom is -0.338 e. The van der Waals surface area contributed by atoms with Crippen LogP contribution < -0.4 is 10.6 Å². The minimum absolute atomic E-state index is 0.0197. The summed E-state index contributed by atoms with van der Waals surface area (Å²) in [6.45, 7) is 2.21. The molecule has 0 atom stereocenters. The van der Waals surface area contributed by atoms with Crippen LogP contribution in [-0.4, -0.2) is 30.4 Å². The lowest BCUT2D eigenvalue weighted by molar-refractivity contribution is 0.101. The van der Waals surface area contributed by atoms with Crippen LogP contribution in [0.2, 0.25) is 0 Å². The van der Waals surface area contributed by atoms with E-state index in [9.17, 15) is 9.59 Å². The zero-order chi connectivity index (χ0) is 14.8. The average Bonchev–Trinajstić information content (AvgIpc) is 2.43. The van der Waals surface area contributed by atoms with Crippen molar-refractivity contribution in [3.8, 4) is 0 Å². The van der Waals surface area contributed by atoms with Gasteiger partial charge in [0.15, 0.2) is 5.78 Å². The van der Waals surface area contributed by atoms with Gasteiger partial charge in [-0.2, -0.15) is 11.8 Å². The molecule has 1 rings (SSSR count). The lowest BCUT2D eigenvalue weighted by atomic mass is 10.1. The van der Waals surface area contributed by atoms with Gasteiger partial charge in [-0.1, -0.05) is 6.42 Å². The molecule has 5 heteroatoms. The van der Waals surface area contributed by atoms with Crippen molar-refractivity contribution in [3.63, 3.8) is 0 Å². The fourth-order valence-corrected chi connectivity index (χ4v) is 2.21. The van der Waals surface area contributed by atoms with Crippen LogP contribution in [0.25, 0.3) is 0 Å². The molecule has 0 saturated carbocycles. The van der Waals surface area contributed by atoms with E-state index in [4.69, 9.17) is 0 Å². The second-order valence-corrected chi connectivity index (χ2v) is 5.55. The normalized spacial score (nSPS) is 10.1. The smallest absolute Gasteiger partial charge is 0.319 e. The lowest BCUT2D eigenvalue weighted by Crippen LogP contribution is -2.29. The third-order valence-electron chi connectivity index (χ3n) is 2.86. The third kappa shape index (κ3) is 6.61. The van der Waals surface area contributed by atoms with Crippen molar-refractivity contribution in [2.75, 3.05) is 23.9 Å². The number of anilines is 1. The number of rotatable bonds is 8. The number of thioether (sulfide) groups is 1. The van der Waals surface area contributed by atoms with Gasteiger partial charge in [0, 0.05) is 17.8 Å². The molecule has 20 heavy (non-hydrogen) atoms. The molecule has 0 aliphatic carbocycles. The molecule has 0 aliphatic heterocycles. The Hall–Kier alpha value is -1.49. The number of unbranched alkanes of at least 4 members (excludes halogenated alkanes) is 2. The van der Waals surface area contributed by atoms with E-state index in [1.807, 2.05) is 11.8 Å². The summed E-state index contributed by atoms with van der Waals surface area (Å²) in [4.78, 5) is 22.8. The number of hydrogen-bond donors (Lipinski definition) is 2. The minimum atomic E-state index is -0.203. The number of Topliss-reactive ketones (excluding diaryl/α,β-unsaturated/α-hetero) is 1. The Bertz CT molecular complexity index is 432. The van der Waals surface area contributed by atoms with Crippen LogP contribution in [0, 0.1) is 0 Å². The van der Waals surface area contributed by atoms with Gasteiger partial charge in [0.05, 0.1) is 0 Å². The maximum Gasteiger partial charge on any atom is 0.319 e. The van der Waals surface area contributed by atoms with Crippen LogP contribution in [0.4, 0.5) is 10.5 Å². The summed E-state index contributed by atoms with van der Waals surface area (Å²) >= 11 is 1.85. The predicted molar refractivity (Wildman–Crippen MR) is 85.7 cm³/mol. The molecule has 0 radical (unpaired) electrons. The Morgan fingerprint density at radius 1 is 1.10 bits per heavy atom. The van der Waals surface area contributed by atoms with Crippen molar-refractivity contribution in [1.82, 2.24) is 5.32 Å². The van der Waals surface area contributed by atoms with Crippen LogP contribution in [0.1, 0.15) is 36.5 Å². The molecular formula is C15H22N2O2S. The number of carbonyl (C=O) groups is 2. The first-order valence-corrected chi connectivity index (χ1v) is 8.17. The van der Waals surface area contributed by atoms with E-state index in [0.717, 1.165) is 12.8 Å². The summed E-state index contributed by atoms with van der Waals surface area (Å²) in [5.74, 6) is 1.19. The van der Waals surface area contributed by atoms with Crippen molar-refractivity contribution in [1.29, 1.82) is 0 Å². The van der Waals surface area contributed by atoms with Crippen molar-refractivity contribution in [3.05, 3.63) is 29.8 Å². The van der Waals surface area contributed by atoms with Crippen molar-refractivity contribution >= 4 is 29.3 Å². The van der Waals surface area contributed by atoms with Gasteiger partial charge < -0.3 is 10.6 Å². The molecule has 0 spiro atoms. The van der Waals surface area contributed by atoms with E-state index in [2.05, 4.69) is 16.9 Å². The van der Waals surface area contributed by atoms with Gasteiger partial charge in [-0.05, 0) is 56.0 Å². The van der Waals surface area contributed by atoms with E-state index in [1.165, 1.54) is 19.1 Å². The SMILES string of the molecule is CSCCCCCNC(=O)Nc1ccc(C(C)=O)cc1. The molecule has 4 nitrogen and oxygen atoms in total. The molecule has 0 aromatic heterocycles. The molecule has 1 aromatic rings. The zero-order valence-corrected chi connectivity index (χ0v) is 12.9. The van der Waals surface area contributed by atoms with Gasteiger partial charge in [-0.3, -0.25) is 4.79 Å². The molecule has 0 aliphatic rings. The topological polar surface area (TPSA) is 58.2 Å². The monoisotopic (exact) mass is 294 g/mol. The molecule has 2 N–H and O–H groups in total. The van der Waals surface area contributed by atoms with E-state index in [1.54, 1.807) is 24.3 Å². The number of nitrogens with one attached hydrogen (secondary N) is 2. The molecular weight excluding hydrogens is 272 g/mol. The van der Waals surface area contributed by atoms with Gasteiger partial charge in [0.2, 0.25) is 0 Å². The summed E-state index contributed by atoms with van der Waals surface area (Å²) in [5.41, 5.74) is 1.33. The first kappa shape index (κ1) is 16.6. The standard InChI is InChI=1S/C15H22N2O2S/c1-12(18)13-6-8-14(9-7-13)17-15(19)16-10-4-3-5-11-20-2/h6-9H,3-5,10-11H2,1-2H3,(H2,16,17,19).